The van der Waals surface area contributed by atoms with Crippen LogP contribution in [0, 0.1) is 0 Å². The van der Waals surface area contributed by atoms with Crippen molar-refractivity contribution in [3.8, 4) is 0 Å². The predicted molar refractivity (Wildman–Crippen MR) is 59.9 cm³/mol. The number of benzene rings is 1. The molecule has 0 amide bonds. The smallest absolute Gasteiger partial charge is 0.0766 e. The summed E-state index contributed by atoms with van der Waals surface area (Å²) in [4.78, 5) is 0. The Kier molecular flexibility index (Phi) is 2.27. The van der Waals surface area contributed by atoms with Crippen LogP contribution in [0.1, 0.15) is 5.56 Å². The van der Waals surface area contributed by atoms with E-state index in [1.54, 1.807) is 11.3 Å². The normalized spacial score (nSPS) is 10.9. The van der Waals surface area contributed by atoms with Crippen molar-refractivity contribution in [2.75, 3.05) is 5.73 Å². The monoisotopic (exact) mass is 257 g/mol. The van der Waals surface area contributed by atoms with E-state index in [1.807, 2.05) is 18.2 Å². The first-order valence-electron chi connectivity index (χ1n) is 3.80. The second kappa shape index (κ2) is 3.29. The lowest BCUT2D eigenvalue weighted by Crippen LogP contribution is -1.84. The fraction of sp³-hybridized carbons (Fsp3) is 0.111. The Labute approximate surface area is 88.1 Å². The van der Waals surface area contributed by atoms with Gasteiger partial charge >= 0.3 is 0 Å². The third-order valence-corrected chi connectivity index (χ3v) is 4.01. The average molecular weight is 258 g/mol. The van der Waals surface area contributed by atoms with E-state index in [4.69, 9.17) is 10.8 Å². The Morgan fingerprint density at radius 2 is 2.23 bits per heavy atom. The number of anilines is 1. The number of thiophene rings is 1. The van der Waals surface area contributed by atoms with Gasteiger partial charge in [-0.05, 0) is 22.0 Å². The van der Waals surface area contributed by atoms with Crippen molar-refractivity contribution < 1.29 is 5.11 Å². The van der Waals surface area contributed by atoms with E-state index < -0.39 is 0 Å². The fourth-order valence-electron chi connectivity index (χ4n) is 1.31. The van der Waals surface area contributed by atoms with E-state index in [0.717, 1.165) is 25.1 Å². The molecule has 0 fully saturated rings. The molecule has 4 heteroatoms. The summed E-state index contributed by atoms with van der Waals surface area (Å²) in [7, 11) is 0. The molecule has 0 aliphatic heterocycles. The van der Waals surface area contributed by atoms with Gasteiger partial charge in [-0.3, -0.25) is 0 Å². The minimum atomic E-state index is 0.0457. The van der Waals surface area contributed by atoms with Crippen LogP contribution < -0.4 is 5.73 Å². The Morgan fingerprint density at radius 1 is 1.46 bits per heavy atom. The van der Waals surface area contributed by atoms with Gasteiger partial charge in [0, 0.05) is 16.6 Å². The van der Waals surface area contributed by atoms with Gasteiger partial charge in [0.25, 0.3) is 0 Å². The molecule has 0 unspecified atom stereocenters. The number of halogens is 1. The van der Waals surface area contributed by atoms with Crippen LogP contribution in [-0.4, -0.2) is 5.11 Å². The van der Waals surface area contributed by atoms with E-state index in [2.05, 4.69) is 15.9 Å². The molecule has 3 N–H and O–H groups in total. The molecule has 0 aliphatic carbocycles. The van der Waals surface area contributed by atoms with Crippen molar-refractivity contribution >= 4 is 43.0 Å². The van der Waals surface area contributed by atoms with Gasteiger partial charge in [-0.2, -0.15) is 0 Å². The van der Waals surface area contributed by atoms with Crippen molar-refractivity contribution in [1.29, 1.82) is 0 Å². The van der Waals surface area contributed by atoms with Gasteiger partial charge in [0.2, 0.25) is 0 Å². The van der Waals surface area contributed by atoms with E-state index in [1.165, 1.54) is 0 Å². The summed E-state index contributed by atoms with van der Waals surface area (Å²) in [6.07, 6.45) is 0. The van der Waals surface area contributed by atoms with Crippen LogP contribution in [0.25, 0.3) is 10.1 Å². The summed E-state index contributed by atoms with van der Waals surface area (Å²) in [5.41, 5.74) is 7.49. The number of aliphatic hydroxyl groups is 1. The molecule has 0 saturated heterocycles. The summed E-state index contributed by atoms with van der Waals surface area (Å²) in [6, 6.07) is 5.74. The number of hydrogen-bond donors (Lipinski definition) is 2. The molecule has 1 aromatic heterocycles. The van der Waals surface area contributed by atoms with Crippen LogP contribution in [0.5, 0.6) is 0 Å². The number of nitrogens with two attached hydrogens (primary N) is 1. The average Bonchev–Trinajstić information content (AvgIpc) is 2.43. The third-order valence-electron chi connectivity index (χ3n) is 1.96. The third kappa shape index (κ3) is 1.35. The Bertz CT molecular complexity index is 452. The van der Waals surface area contributed by atoms with Crippen molar-refractivity contribution in [1.82, 2.24) is 0 Å². The summed E-state index contributed by atoms with van der Waals surface area (Å²) in [5.74, 6) is 0. The molecule has 2 rings (SSSR count). The Morgan fingerprint density at radius 3 is 2.92 bits per heavy atom. The van der Waals surface area contributed by atoms with Crippen LogP contribution >= 0.6 is 27.3 Å². The molecule has 0 aliphatic rings. The van der Waals surface area contributed by atoms with Gasteiger partial charge in [-0.25, -0.2) is 0 Å². The number of hydrogen-bond acceptors (Lipinski definition) is 3. The number of aliphatic hydroxyl groups excluding tert-OH is 1. The number of fused-ring (bicyclic) bond motifs is 1. The first-order valence-corrected chi connectivity index (χ1v) is 5.41. The second-order valence-corrected chi connectivity index (χ2v) is 5.07. The van der Waals surface area contributed by atoms with Gasteiger partial charge in [0.15, 0.2) is 0 Å². The van der Waals surface area contributed by atoms with Gasteiger partial charge in [0.05, 0.1) is 15.1 Å². The zero-order valence-corrected chi connectivity index (χ0v) is 9.15. The quantitative estimate of drug-likeness (QED) is 0.772. The molecule has 0 atom stereocenters. The minimum Gasteiger partial charge on any atom is -0.398 e. The minimum absolute atomic E-state index is 0.0457. The molecule has 13 heavy (non-hydrogen) atoms. The zero-order valence-electron chi connectivity index (χ0n) is 6.75. The van der Waals surface area contributed by atoms with Gasteiger partial charge in [0.1, 0.15) is 0 Å². The summed E-state index contributed by atoms with van der Waals surface area (Å²) in [6.45, 7) is 0.0457. The van der Waals surface area contributed by atoms with Crippen LogP contribution in [0.3, 0.4) is 0 Å². The molecule has 68 valence electrons. The van der Waals surface area contributed by atoms with E-state index in [-0.39, 0.29) is 6.61 Å². The molecule has 0 radical (unpaired) electrons. The van der Waals surface area contributed by atoms with Crippen molar-refractivity contribution in [2.45, 2.75) is 6.61 Å². The molecular formula is C9H8BrNOS. The molecule has 1 aromatic carbocycles. The molecule has 1 heterocycles. The standard InChI is InChI=1S/C9H8BrNOS/c10-9-6(4-12)5-2-1-3-7(11)8(5)13-9/h1-3,12H,4,11H2. The lowest BCUT2D eigenvalue weighted by molar-refractivity contribution is 0.283. The molecule has 0 bridgehead atoms. The van der Waals surface area contributed by atoms with E-state index in [9.17, 15) is 0 Å². The van der Waals surface area contributed by atoms with Crippen LogP contribution in [0.15, 0.2) is 22.0 Å². The Hall–Kier alpha value is -0.580. The van der Waals surface area contributed by atoms with Gasteiger partial charge in [-0.1, -0.05) is 12.1 Å². The highest BCUT2D eigenvalue weighted by molar-refractivity contribution is 9.11. The van der Waals surface area contributed by atoms with Crippen molar-refractivity contribution in [3.63, 3.8) is 0 Å². The largest absolute Gasteiger partial charge is 0.398 e. The fourth-order valence-corrected chi connectivity index (χ4v) is 3.10. The molecule has 0 spiro atoms. The van der Waals surface area contributed by atoms with E-state index >= 15 is 0 Å². The first-order chi connectivity index (χ1) is 6.24. The molecular weight excluding hydrogens is 250 g/mol. The van der Waals surface area contributed by atoms with Crippen LogP contribution in [0.2, 0.25) is 0 Å². The highest BCUT2D eigenvalue weighted by atomic mass is 79.9. The zero-order chi connectivity index (χ0) is 9.42. The molecule has 0 saturated carbocycles. The maximum Gasteiger partial charge on any atom is 0.0766 e. The lowest BCUT2D eigenvalue weighted by atomic mass is 10.2. The second-order valence-electron chi connectivity index (χ2n) is 2.74. The predicted octanol–water partition coefficient (Wildman–Crippen LogP) is 2.74. The first kappa shape index (κ1) is 8.99. The summed E-state index contributed by atoms with van der Waals surface area (Å²) in [5, 5.41) is 10.2. The highest BCUT2D eigenvalue weighted by Gasteiger charge is 2.10. The SMILES string of the molecule is Nc1cccc2c(CO)c(Br)sc12. The number of rotatable bonds is 1. The maximum atomic E-state index is 9.13. The summed E-state index contributed by atoms with van der Waals surface area (Å²) < 4.78 is 2.00. The summed E-state index contributed by atoms with van der Waals surface area (Å²) >= 11 is 4.97. The maximum absolute atomic E-state index is 9.13. The molecule has 2 nitrogen and oxygen atoms in total. The Balaban J connectivity index is 2.86. The van der Waals surface area contributed by atoms with Crippen LogP contribution in [0.4, 0.5) is 5.69 Å². The number of nitrogen functional groups attached to an aromatic ring is 1. The van der Waals surface area contributed by atoms with Crippen molar-refractivity contribution in [3.05, 3.63) is 27.5 Å². The molecule has 2 aromatic rings. The highest BCUT2D eigenvalue weighted by Crippen LogP contribution is 2.38. The van der Waals surface area contributed by atoms with Crippen LogP contribution in [-0.2, 0) is 6.61 Å². The topological polar surface area (TPSA) is 46.2 Å². The lowest BCUT2D eigenvalue weighted by Gasteiger charge is -1.95. The van der Waals surface area contributed by atoms with Crippen molar-refractivity contribution in [2.24, 2.45) is 0 Å². The van der Waals surface area contributed by atoms with Gasteiger partial charge < -0.3 is 10.8 Å². The van der Waals surface area contributed by atoms with E-state index in [0.29, 0.717) is 0 Å². The van der Waals surface area contributed by atoms with Gasteiger partial charge in [-0.15, -0.1) is 11.3 Å².